The van der Waals surface area contributed by atoms with Crippen molar-refractivity contribution in [3.63, 3.8) is 0 Å². The second-order valence-electron chi connectivity index (χ2n) is 7.19. The lowest BCUT2D eigenvalue weighted by molar-refractivity contribution is 0.256. The lowest BCUT2D eigenvalue weighted by atomic mass is 10.2. The number of rotatable bonds is 5. The smallest absolute Gasteiger partial charge is 0.326 e. The molecule has 1 aliphatic rings. The van der Waals surface area contributed by atoms with E-state index in [0.29, 0.717) is 22.1 Å². The maximum absolute atomic E-state index is 13.3. The Morgan fingerprint density at radius 3 is 2.87 bits per heavy atom. The van der Waals surface area contributed by atoms with Gasteiger partial charge in [-0.1, -0.05) is 36.2 Å². The van der Waals surface area contributed by atoms with Crippen molar-refractivity contribution in [1.82, 2.24) is 14.8 Å². The zero-order valence-corrected chi connectivity index (χ0v) is 17.6. The van der Waals surface area contributed by atoms with Gasteiger partial charge in [-0.25, -0.2) is 4.79 Å². The van der Waals surface area contributed by atoms with Crippen molar-refractivity contribution < 1.29 is 9.53 Å². The first kappa shape index (κ1) is 20.2. The molecule has 0 saturated carbocycles. The van der Waals surface area contributed by atoms with Crippen molar-refractivity contribution in [2.75, 3.05) is 17.3 Å². The predicted octanol–water partition coefficient (Wildman–Crippen LogP) is 4.91. The molecule has 1 N–H and O–H groups in total. The summed E-state index contributed by atoms with van der Waals surface area (Å²) in [6.07, 6.45) is 4.29. The number of hydrogen-bond acceptors (Lipinski definition) is 4. The minimum atomic E-state index is -0.303. The molecule has 0 aliphatic carbocycles. The van der Waals surface area contributed by atoms with E-state index in [4.69, 9.17) is 16.3 Å². The fourth-order valence-electron chi connectivity index (χ4n) is 3.61. The van der Waals surface area contributed by atoms with Crippen LogP contribution in [0.4, 0.5) is 16.2 Å². The molecule has 30 heavy (non-hydrogen) atoms. The minimum Gasteiger partial charge on any atom is -0.497 e. The quantitative estimate of drug-likeness (QED) is 0.630. The lowest BCUT2D eigenvalue weighted by Crippen LogP contribution is -2.35. The number of amides is 2. The minimum absolute atomic E-state index is 0.288. The number of nitrogens with zero attached hydrogens (tertiary/aromatic N) is 4. The van der Waals surface area contributed by atoms with Crippen LogP contribution in [0.3, 0.4) is 0 Å². The van der Waals surface area contributed by atoms with E-state index in [0.717, 1.165) is 37.5 Å². The fourth-order valence-corrected chi connectivity index (χ4v) is 3.79. The van der Waals surface area contributed by atoms with Crippen molar-refractivity contribution in [1.29, 1.82) is 0 Å². The summed E-state index contributed by atoms with van der Waals surface area (Å²) in [6, 6.07) is 14.3. The number of carbonyl (C=O) groups is 1. The molecular weight excluding hydrogens is 402 g/mol. The Morgan fingerprint density at radius 2 is 2.03 bits per heavy atom. The van der Waals surface area contributed by atoms with E-state index in [1.807, 2.05) is 36.4 Å². The van der Waals surface area contributed by atoms with Gasteiger partial charge >= 0.3 is 6.03 Å². The summed E-state index contributed by atoms with van der Waals surface area (Å²) in [4.78, 5) is 14.9. The van der Waals surface area contributed by atoms with Crippen LogP contribution in [0.25, 0.3) is 0 Å². The Labute approximate surface area is 180 Å². The van der Waals surface area contributed by atoms with Crippen LogP contribution in [-0.4, -0.2) is 27.9 Å². The van der Waals surface area contributed by atoms with Crippen LogP contribution in [0.1, 0.15) is 30.9 Å². The molecule has 2 heterocycles. The number of aromatic nitrogens is 3. The lowest BCUT2D eigenvalue weighted by Gasteiger charge is -2.24. The summed E-state index contributed by atoms with van der Waals surface area (Å²) >= 11 is 6.24. The first-order chi connectivity index (χ1) is 14.7. The highest BCUT2D eigenvalue weighted by Crippen LogP contribution is 2.26. The van der Waals surface area contributed by atoms with E-state index in [1.165, 1.54) is 6.42 Å². The molecule has 0 spiro atoms. The Balaban J connectivity index is 1.66. The molecule has 4 rings (SSSR count). The van der Waals surface area contributed by atoms with E-state index in [-0.39, 0.29) is 12.6 Å². The number of hydrogen-bond donors (Lipinski definition) is 1. The van der Waals surface area contributed by atoms with E-state index >= 15 is 0 Å². The normalized spacial score (nSPS) is 13.3. The number of para-hydroxylation sites is 1. The average Bonchev–Trinajstić information content (AvgIpc) is 2.99. The number of nitrogens with one attached hydrogen (secondary N) is 1. The molecule has 0 unspecified atom stereocenters. The Bertz CT molecular complexity index is 1040. The summed E-state index contributed by atoms with van der Waals surface area (Å²) in [6.45, 7) is 1.16. The standard InChI is InChI=1S/C22H24ClN5O2/c1-30-17-9-7-8-16(14-17)28(22(29)24-19-11-5-4-10-18(19)23)15-21-26-25-20-12-3-2-6-13-27(20)21/h4-5,7-11,14H,2-3,6,12-13,15H2,1H3,(H,24,29). The number of aryl methyl sites for hydroxylation is 1. The van der Waals surface area contributed by atoms with Gasteiger partial charge in [-0.05, 0) is 37.1 Å². The topological polar surface area (TPSA) is 72.3 Å². The first-order valence-electron chi connectivity index (χ1n) is 10.0. The number of benzene rings is 2. The van der Waals surface area contributed by atoms with Gasteiger partial charge in [0.15, 0.2) is 5.82 Å². The summed E-state index contributed by atoms with van der Waals surface area (Å²) in [5, 5.41) is 12.1. The Morgan fingerprint density at radius 1 is 1.17 bits per heavy atom. The largest absolute Gasteiger partial charge is 0.497 e. The van der Waals surface area contributed by atoms with Crippen LogP contribution in [0.2, 0.25) is 5.02 Å². The van der Waals surface area contributed by atoms with E-state index in [2.05, 4.69) is 20.1 Å². The molecular formula is C22H24ClN5O2. The molecule has 1 aromatic heterocycles. The van der Waals surface area contributed by atoms with Gasteiger partial charge in [-0.15, -0.1) is 10.2 Å². The number of ether oxygens (including phenoxy) is 1. The molecule has 0 radical (unpaired) electrons. The van der Waals surface area contributed by atoms with Crippen molar-refractivity contribution in [2.24, 2.45) is 0 Å². The number of methoxy groups -OCH3 is 1. The van der Waals surface area contributed by atoms with Crippen molar-refractivity contribution >= 4 is 29.0 Å². The van der Waals surface area contributed by atoms with Crippen molar-refractivity contribution in [3.8, 4) is 5.75 Å². The maximum atomic E-state index is 13.3. The highest BCUT2D eigenvalue weighted by molar-refractivity contribution is 6.33. The summed E-state index contributed by atoms with van der Waals surface area (Å²) in [5.41, 5.74) is 1.25. The van der Waals surface area contributed by atoms with E-state index < -0.39 is 0 Å². The molecule has 156 valence electrons. The van der Waals surface area contributed by atoms with Gasteiger partial charge in [-0.2, -0.15) is 0 Å². The van der Waals surface area contributed by atoms with Crippen LogP contribution in [0.5, 0.6) is 5.75 Å². The zero-order valence-electron chi connectivity index (χ0n) is 16.8. The number of carbonyl (C=O) groups excluding carboxylic acids is 1. The van der Waals surface area contributed by atoms with Crippen LogP contribution in [0.15, 0.2) is 48.5 Å². The molecule has 3 aromatic rings. The third kappa shape index (κ3) is 4.41. The molecule has 2 aromatic carbocycles. The SMILES string of the molecule is COc1cccc(N(Cc2nnc3n2CCCCC3)C(=O)Nc2ccccc2Cl)c1. The summed E-state index contributed by atoms with van der Waals surface area (Å²) in [7, 11) is 1.60. The van der Waals surface area contributed by atoms with Crippen molar-refractivity contribution in [3.05, 3.63) is 65.2 Å². The number of urea groups is 1. The van der Waals surface area contributed by atoms with Crippen LogP contribution < -0.4 is 15.0 Å². The zero-order chi connectivity index (χ0) is 20.9. The van der Waals surface area contributed by atoms with Crippen LogP contribution in [0, 0.1) is 0 Å². The van der Waals surface area contributed by atoms with Gasteiger partial charge in [-0.3, -0.25) is 4.90 Å². The third-order valence-electron chi connectivity index (χ3n) is 5.21. The van der Waals surface area contributed by atoms with Gasteiger partial charge < -0.3 is 14.6 Å². The van der Waals surface area contributed by atoms with Crippen LogP contribution in [-0.2, 0) is 19.5 Å². The summed E-state index contributed by atoms with van der Waals surface area (Å²) in [5.74, 6) is 2.42. The van der Waals surface area contributed by atoms with Gasteiger partial charge in [0, 0.05) is 24.7 Å². The monoisotopic (exact) mass is 425 g/mol. The van der Waals surface area contributed by atoms with Crippen molar-refractivity contribution in [2.45, 2.75) is 38.8 Å². The third-order valence-corrected chi connectivity index (χ3v) is 5.54. The number of fused-ring (bicyclic) bond motifs is 1. The van der Waals surface area contributed by atoms with E-state index in [1.54, 1.807) is 24.1 Å². The fraction of sp³-hybridized carbons (Fsp3) is 0.318. The highest BCUT2D eigenvalue weighted by atomic mass is 35.5. The number of halogens is 1. The maximum Gasteiger partial charge on any atom is 0.326 e. The van der Waals surface area contributed by atoms with E-state index in [9.17, 15) is 4.79 Å². The van der Waals surface area contributed by atoms with Crippen LogP contribution >= 0.6 is 11.6 Å². The van der Waals surface area contributed by atoms with Gasteiger partial charge in [0.25, 0.3) is 0 Å². The number of anilines is 2. The second kappa shape index (κ2) is 9.17. The molecule has 0 saturated heterocycles. The molecule has 2 amide bonds. The molecule has 1 aliphatic heterocycles. The first-order valence-corrected chi connectivity index (χ1v) is 10.4. The van der Waals surface area contributed by atoms with Gasteiger partial charge in [0.05, 0.1) is 24.4 Å². The van der Waals surface area contributed by atoms with Gasteiger partial charge in [0.1, 0.15) is 11.6 Å². The molecule has 0 fully saturated rings. The molecule has 7 nitrogen and oxygen atoms in total. The highest BCUT2D eigenvalue weighted by Gasteiger charge is 2.23. The predicted molar refractivity (Wildman–Crippen MR) is 117 cm³/mol. The Kier molecular flexibility index (Phi) is 6.18. The Hall–Kier alpha value is -3.06. The molecule has 8 heteroatoms. The summed E-state index contributed by atoms with van der Waals surface area (Å²) < 4.78 is 7.49. The average molecular weight is 426 g/mol. The second-order valence-corrected chi connectivity index (χ2v) is 7.60. The molecule has 0 bridgehead atoms. The van der Waals surface area contributed by atoms with Gasteiger partial charge in [0.2, 0.25) is 0 Å². The molecule has 0 atom stereocenters.